The average Bonchev–Trinajstić information content (AvgIpc) is 2.65. The van der Waals surface area contributed by atoms with Crippen molar-refractivity contribution in [1.82, 2.24) is 0 Å². The Labute approximate surface area is 156 Å². The normalized spacial score (nSPS) is 10.4. The lowest BCUT2D eigenvalue weighted by Gasteiger charge is -2.08. The summed E-state index contributed by atoms with van der Waals surface area (Å²) in [6, 6.07) is 19.5. The van der Waals surface area contributed by atoms with Crippen LogP contribution in [0.4, 0.5) is 10.1 Å². The van der Waals surface area contributed by atoms with Gasteiger partial charge in [0.25, 0.3) is 0 Å². The summed E-state index contributed by atoms with van der Waals surface area (Å²) in [5.41, 5.74) is 5.17. The monoisotopic (exact) mass is 367 g/mol. The molecular formula is C21H15ClFNS. The molecule has 25 heavy (non-hydrogen) atoms. The van der Waals surface area contributed by atoms with Gasteiger partial charge in [0.05, 0.1) is 10.2 Å². The second kappa shape index (κ2) is 7.71. The minimum atomic E-state index is -0.515. The van der Waals surface area contributed by atoms with Crippen molar-refractivity contribution in [2.24, 2.45) is 4.99 Å². The van der Waals surface area contributed by atoms with E-state index in [1.165, 1.54) is 11.6 Å². The van der Waals surface area contributed by atoms with E-state index in [1.54, 1.807) is 6.07 Å². The molecule has 0 radical (unpaired) electrons. The van der Waals surface area contributed by atoms with Crippen LogP contribution in [0.15, 0.2) is 65.7 Å². The highest BCUT2D eigenvalue weighted by Crippen LogP contribution is 2.34. The zero-order valence-corrected chi connectivity index (χ0v) is 15.2. The molecular weight excluding hydrogens is 353 g/mol. The van der Waals surface area contributed by atoms with Crippen molar-refractivity contribution in [3.05, 3.63) is 77.1 Å². The smallest absolute Gasteiger partial charge is 0.151 e. The van der Waals surface area contributed by atoms with Crippen LogP contribution in [0.25, 0.3) is 22.3 Å². The second-order valence-electron chi connectivity index (χ2n) is 5.62. The summed E-state index contributed by atoms with van der Waals surface area (Å²) in [5, 5.41) is 2.36. The molecule has 3 aromatic rings. The molecule has 124 valence electrons. The molecule has 0 amide bonds. The fourth-order valence-electron chi connectivity index (χ4n) is 2.67. The third kappa shape index (κ3) is 3.85. The van der Waals surface area contributed by atoms with Gasteiger partial charge in [-0.1, -0.05) is 67.1 Å². The Bertz CT molecular complexity index is 920. The van der Waals surface area contributed by atoms with Gasteiger partial charge in [-0.3, -0.25) is 0 Å². The zero-order valence-electron chi connectivity index (χ0n) is 13.6. The summed E-state index contributed by atoms with van der Waals surface area (Å²) >= 11 is 10.6. The number of nitrogens with zero attached hydrogens (tertiary/aromatic N) is 1. The van der Waals surface area contributed by atoms with E-state index in [4.69, 9.17) is 11.6 Å². The number of isothiocyanates is 1. The molecule has 0 aromatic heterocycles. The zero-order chi connectivity index (χ0) is 17.8. The van der Waals surface area contributed by atoms with Crippen molar-refractivity contribution in [2.75, 3.05) is 0 Å². The lowest BCUT2D eigenvalue weighted by Crippen LogP contribution is -1.85. The molecule has 0 atom stereocenters. The van der Waals surface area contributed by atoms with E-state index in [1.807, 2.05) is 24.3 Å². The van der Waals surface area contributed by atoms with Crippen molar-refractivity contribution in [2.45, 2.75) is 13.3 Å². The fraction of sp³-hybridized carbons (Fsp3) is 0.0952. The van der Waals surface area contributed by atoms with Crippen LogP contribution in [0, 0.1) is 5.82 Å². The van der Waals surface area contributed by atoms with Crippen LogP contribution in [0.2, 0.25) is 5.02 Å². The Morgan fingerprint density at radius 1 is 0.920 bits per heavy atom. The lowest BCUT2D eigenvalue weighted by atomic mass is 9.99. The topological polar surface area (TPSA) is 12.4 Å². The van der Waals surface area contributed by atoms with Crippen LogP contribution < -0.4 is 0 Å². The van der Waals surface area contributed by atoms with Crippen molar-refractivity contribution in [3.63, 3.8) is 0 Å². The molecule has 0 spiro atoms. The summed E-state index contributed by atoms with van der Waals surface area (Å²) in [7, 11) is 0. The number of rotatable bonds is 4. The summed E-state index contributed by atoms with van der Waals surface area (Å²) in [4.78, 5) is 3.67. The van der Waals surface area contributed by atoms with E-state index in [-0.39, 0.29) is 10.7 Å². The van der Waals surface area contributed by atoms with E-state index < -0.39 is 5.82 Å². The third-order valence-electron chi connectivity index (χ3n) is 4.09. The fourth-order valence-corrected chi connectivity index (χ4v) is 3.01. The standard InChI is InChI=1S/C21H15ClFNS/c1-2-14-3-5-15(6-4-14)16-7-9-17(10-8-16)18-11-19(22)21(24-13-25)20(23)12-18/h3-12H,2H2,1H3. The Morgan fingerprint density at radius 3 is 1.92 bits per heavy atom. The van der Waals surface area contributed by atoms with Gasteiger partial charge in [0.15, 0.2) is 5.82 Å². The Kier molecular flexibility index (Phi) is 5.40. The van der Waals surface area contributed by atoms with Gasteiger partial charge >= 0.3 is 0 Å². The molecule has 0 saturated heterocycles. The van der Waals surface area contributed by atoms with Gasteiger partial charge in [-0.25, -0.2) is 4.39 Å². The van der Waals surface area contributed by atoms with Gasteiger partial charge < -0.3 is 0 Å². The number of hydrogen-bond donors (Lipinski definition) is 0. The van der Waals surface area contributed by atoms with Crippen LogP contribution in [-0.4, -0.2) is 5.16 Å². The van der Waals surface area contributed by atoms with Gasteiger partial charge in [-0.2, -0.15) is 4.99 Å². The maximum absolute atomic E-state index is 14.1. The summed E-state index contributed by atoms with van der Waals surface area (Å²) in [5.74, 6) is -0.515. The van der Waals surface area contributed by atoms with Crippen LogP contribution in [0.3, 0.4) is 0 Å². The molecule has 0 fully saturated rings. The largest absolute Gasteiger partial charge is 0.205 e. The first-order chi connectivity index (χ1) is 12.1. The molecule has 0 aliphatic rings. The predicted molar refractivity (Wildman–Crippen MR) is 106 cm³/mol. The van der Waals surface area contributed by atoms with Crippen LogP contribution in [0.1, 0.15) is 12.5 Å². The number of hydrogen-bond acceptors (Lipinski definition) is 2. The van der Waals surface area contributed by atoms with Gasteiger partial charge in [0.2, 0.25) is 0 Å². The highest BCUT2D eigenvalue weighted by atomic mass is 35.5. The lowest BCUT2D eigenvalue weighted by molar-refractivity contribution is 0.630. The molecule has 0 unspecified atom stereocenters. The molecule has 0 saturated carbocycles. The molecule has 3 rings (SSSR count). The minimum Gasteiger partial charge on any atom is -0.205 e. The summed E-state index contributed by atoms with van der Waals surface area (Å²) < 4.78 is 14.1. The SMILES string of the molecule is CCc1ccc(-c2ccc(-c3cc(F)c(N=C=S)c(Cl)c3)cc2)cc1. The quantitative estimate of drug-likeness (QED) is 0.353. The molecule has 0 aliphatic heterocycles. The van der Waals surface area contributed by atoms with E-state index >= 15 is 0 Å². The molecule has 0 N–H and O–H groups in total. The number of aliphatic imine (C=N–C) groups is 1. The Hall–Kier alpha value is -2.32. The molecule has 3 aromatic carbocycles. The molecule has 4 heteroatoms. The van der Waals surface area contributed by atoms with Crippen LogP contribution in [0.5, 0.6) is 0 Å². The first-order valence-electron chi connectivity index (χ1n) is 7.89. The summed E-state index contributed by atoms with van der Waals surface area (Å²) in [6.45, 7) is 2.14. The highest BCUT2D eigenvalue weighted by Gasteiger charge is 2.10. The van der Waals surface area contributed by atoms with Crippen LogP contribution >= 0.6 is 23.8 Å². The van der Waals surface area contributed by atoms with Gasteiger partial charge in [-0.15, -0.1) is 0 Å². The van der Waals surface area contributed by atoms with Crippen molar-refractivity contribution >= 4 is 34.7 Å². The number of thiocarbonyl (C=S) groups is 1. The molecule has 0 aliphatic carbocycles. The Balaban J connectivity index is 1.93. The average molecular weight is 368 g/mol. The maximum Gasteiger partial charge on any atom is 0.151 e. The molecule has 1 nitrogen and oxygen atoms in total. The van der Waals surface area contributed by atoms with E-state index in [9.17, 15) is 4.39 Å². The van der Waals surface area contributed by atoms with Gasteiger partial charge in [-0.05, 0) is 58.6 Å². The summed E-state index contributed by atoms with van der Waals surface area (Å²) in [6.07, 6.45) is 1.02. The van der Waals surface area contributed by atoms with Crippen molar-refractivity contribution < 1.29 is 4.39 Å². The number of aryl methyl sites for hydroxylation is 1. The van der Waals surface area contributed by atoms with Gasteiger partial charge in [0.1, 0.15) is 5.69 Å². The molecule has 0 bridgehead atoms. The highest BCUT2D eigenvalue weighted by molar-refractivity contribution is 7.78. The number of halogens is 2. The van der Waals surface area contributed by atoms with E-state index in [0.717, 1.165) is 23.1 Å². The maximum atomic E-state index is 14.1. The first kappa shape index (κ1) is 17.5. The van der Waals surface area contributed by atoms with Gasteiger partial charge in [0, 0.05) is 0 Å². The van der Waals surface area contributed by atoms with E-state index in [2.05, 4.69) is 53.6 Å². The van der Waals surface area contributed by atoms with E-state index in [0.29, 0.717) is 5.56 Å². The van der Waals surface area contributed by atoms with Crippen molar-refractivity contribution in [3.8, 4) is 22.3 Å². The van der Waals surface area contributed by atoms with Crippen LogP contribution in [-0.2, 0) is 6.42 Å². The Morgan fingerprint density at radius 2 is 1.44 bits per heavy atom. The molecule has 0 heterocycles. The predicted octanol–water partition coefficient (Wildman–Crippen LogP) is 7.11. The second-order valence-corrected chi connectivity index (χ2v) is 6.21. The first-order valence-corrected chi connectivity index (χ1v) is 8.67. The number of benzene rings is 3. The van der Waals surface area contributed by atoms with Crippen molar-refractivity contribution in [1.29, 1.82) is 0 Å². The minimum absolute atomic E-state index is 0.0213. The third-order valence-corrected chi connectivity index (χ3v) is 4.47.